The predicted molar refractivity (Wildman–Crippen MR) is 57.9 cm³/mol. The number of carbonyl (C=O) groups excluding carboxylic acids is 1. The second kappa shape index (κ2) is 3.50. The third kappa shape index (κ3) is 1.65. The molecule has 2 rings (SSSR count). The molecule has 1 heterocycles. The van der Waals surface area contributed by atoms with Crippen LogP contribution in [-0.2, 0) is 0 Å². The quantitative estimate of drug-likeness (QED) is 0.705. The molecule has 0 bridgehead atoms. The number of aryl methyl sites for hydroxylation is 1. The standard InChI is InChI=1S/C12H13NO2/c1-7(2)11(14)9-5-4-6-10-12(9)15-8(3)13-10/h4-7H,1-3H3. The van der Waals surface area contributed by atoms with E-state index in [4.69, 9.17) is 4.42 Å². The zero-order chi connectivity index (χ0) is 11.0. The molecular formula is C12H13NO2. The van der Waals surface area contributed by atoms with Crippen LogP contribution < -0.4 is 0 Å². The lowest BCUT2D eigenvalue weighted by molar-refractivity contribution is 0.0940. The Morgan fingerprint density at radius 3 is 2.80 bits per heavy atom. The van der Waals surface area contributed by atoms with Crippen LogP contribution in [0, 0.1) is 12.8 Å². The van der Waals surface area contributed by atoms with Gasteiger partial charge in [0.05, 0.1) is 5.56 Å². The molecule has 0 atom stereocenters. The van der Waals surface area contributed by atoms with Crippen molar-refractivity contribution < 1.29 is 9.21 Å². The van der Waals surface area contributed by atoms with E-state index in [9.17, 15) is 4.79 Å². The Bertz CT molecular complexity index is 511. The number of rotatable bonds is 2. The van der Waals surface area contributed by atoms with Crippen molar-refractivity contribution in [1.29, 1.82) is 0 Å². The summed E-state index contributed by atoms with van der Waals surface area (Å²) in [5.41, 5.74) is 1.98. The van der Waals surface area contributed by atoms with Gasteiger partial charge in [0.25, 0.3) is 0 Å². The summed E-state index contributed by atoms with van der Waals surface area (Å²) in [6.45, 7) is 5.54. The monoisotopic (exact) mass is 203 g/mol. The zero-order valence-corrected chi connectivity index (χ0v) is 9.07. The summed E-state index contributed by atoms with van der Waals surface area (Å²) < 4.78 is 5.44. The van der Waals surface area contributed by atoms with Crippen molar-refractivity contribution in [1.82, 2.24) is 4.98 Å². The van der Waals surface area contributed by atoms with E-state index in [0.717, 1.165) is 5.52 Å². The third-order valence-electron chi connectivity index (χ3n) is 2.31. The largest absolute Gasteiger partial charge is 0.440 e. The maximum atomic E-state index is 11.9. The molecule has 0 radical (unpaired) electrons. The number of hydrogen-bond acceptors (Lipinski definition) is 3. The molecule has 0 aliphatic carbocycles. The molecule has 0 spiro atoms. The number of ketones is 1. The summed E-state index contributed by atoms with van der Waals surface area (Å²) in [6, 6.07) is 5.47. The lowest BCUT2D eigenvalue weighted by atomic mass is 10.0. The molecule has 0 amide bonds. The van der Waals surface area contributed by atoms with E-state index in [2.05, 4.69) is 4.98 Å². The minimum atomic E-state index is -0.0268. The van der Waals surface area contributed by atoms with Gasteiger partial charge in [-0.2, -0.15) is 0 Å². The van der Waals surface area contributed by atoms with Crippen molar-refractivity contribution in [3.05, 3.63) is 29.7 Å². The van der Waals surface area contributed by atoms with E-state index >= 15 is 0 Å². The van der Waals surface area contributed by atoms with E-state index in [1.165, 1.54) is 0 Å². The molecule has 0 aliphatic heterocycles. The fourth-order valence-electron chi connectivity index (χ4n) is 1.57. The topological polar surface area (TPSA) is 43.1 Å². The van der Waals surface area contributed by atoms with E-state index < -0.39 is 0 Å². The van der Waals surface area contributed by atoms with Gasteiger partial charge in [-0.15, -0.1) is 0 Å². The first-order valence-corrected chi connectivity index (χ1v) is 5.00. The number of oxazole rings is 1. The van der Waals surface area contributed by atoms with Crippen LogP contribution in [0.15, 0.2) is 22.6 Å². The fraction of sp³-hybridized carbons (Fsp3) is 0.333. The second-order valence-electron chi connectivity index (χ2n) is 3.91. The van der Waals surface area contributed by atoms with Crippen LogP contribution in [0.3, 0.4) is 0 Å². The summed E-state index contributed by atoms with van der Waals surface area (Å²) in [6.07, 6.45) is 0. The normalized spacial score (nSPS) is 11.2. The first-order chi connectivity index (χ1) is 7.09. The van der Waals surface area contributed by atoms with Crippen molar-refractivity contribution in [2.45, 2.75) is 20.8 Å². The van der Waals surface area contributed by atoms with Gasteiger partial charge in [0, 0.05) is 12.8 Å². The molecule has 0 aliphatic rings. The highest BCUT2D eigenvalue weighted by Crippen LogP contribution is 2.22. The SMILES string of the molecule is Cc1nc2cccc(C(=O)C(C)C)c2o1. The molecule has 1 aromatic heterocycles. The first-order valence-electron chi connectivity index (χ1n) is 5.00. The van der Waals surface area contributed by atoms with Crippen LogP contribution in [0.2, 0.25) is 0 Å². The smallest absolute Gasteiger partial charge is 0.192 e. The van der Waals surface area contributed by atoms with Crippen molar-refractivity contribution in [3.8, 4) is 0 Å². The molecule has 0 N–H and O–H groups in total. The molecule has 2 aromatic rings. The maximum Gasteiger partial charge on any atom is 0.192 e. The van der Waals surface area contributed by atoms with Crippen LogP contribution in [0.25, 0.3) is 11.1 Å². The summed E-state index contributed by atoms with van der Waals surface area (Å²) >= 11 is 0. The number of fused-ring (bicyclic) bond motifs is 1. The van der Waals surface area contributed by atoms with Gasteiger partial charge < -0.3 is 4.42 Å². The highest BCUT2D eigenvalue weighted by Gasteiger charge is 2.16. The van der Waals surface area contributed by atoms with Crippen molar-refractivity contribution >= 4 is 16.9 Å². The average molecular weight is 203 g/mol. The molecule has 0 saturated heterocycles. The maximum absolute atomic E-state index is 11.9. The third-order valence-corrected chi connectivity index (χ3v) is 2.31. The number of benzene rings is 1. The Hall–Kier alpha value is -1.64. The van der Waals surface area contributed by atoms with Crippen LogP contribution in [0.5, 0.6) is 0 Å². The number of nitrogens with zero attached hydrogens (tertiary/aromatic N) is 1. The Balaban J connectivity index is 2.65. The summed E-state index contributed by atoms with van der Waals surface area (Å²) in [7, 11) is 0. The van der Waals surface area contributed by atoms with Crippen LogP contribution in [0.1, 0.15) is 30.1 Å². The van der Waals surface area contributed by atoms with E-state index in [1.807, 2.05) is 26.0 Å². The summed E-state index contributed by atoms with van der Waals surface area (Å²) in [5.74, 6) is 0.659. The van der Waals surface area contributed by atoms with Crippen molar-refractivity contribution in [2.24, 2.45) is 5.92 Å². The lowest BCUT2D eigenvalue weighted by Crippen LogP contribution is -2.07. The van der Waals surface area contributed by atoms with Crippen LogP contribution >= 0.6 is 0 Å². The van der Waals surface area contributed by atoms with Crippen LogP contribution in [-0.4, -0.2) is 10.8 Å². The predicted octanol–water partition coefficient (Wildman–Crippen LogP) is 2.97. The molecule has 3 heteroatoms. The van der Waals surface area contributed by atoms with Crippen molar-refractivity contribution in [3.63, 3.8) is 0 Å². The fourth-order valence-corrected chi connectivity index (χ4v) is 1.57. The molecule has 0 saturated carbocycles. The van der Waals surface area contributed by atoms with Gasteiger partial charge in [0.15, 0.2) is 17.3 Å². The van der Waals surface area contributed by atoms with E-state index in [-0.39, 0.29) is 11.7 Å². The minimum Gasteiger partial charge on any atom is -0.440 e. The van der Waals surface area contributed by atoms with E-state index in [0.29, 0.717) is 17.0 Å². The van der Waals surface area contributed by atoms with Gasteiger partial charge in [-0.1, -0.05) is 19.9 Å². The first kappa shape index (κ1) is 9.90. The molecule has 15 heavy (non-hydrogen) atoms. The highest BCUT2D eigenvalue weighted by atomic mass is 16.3. The Morgan fingerprint density at radius 2 is 2.13 bits per heavy atom. The van der Waals surface area contributed by atoms with Gasteiger partial charge in [0.1, 0.15) is 5.52 Å². The number of carbonyl (C=O) groups is 1. The number of hydrogen-bond donors (Lipinski definition) is 0. The minimum absolute atomic E-state index is 0.0268. The molecule has 1 aromatic carbocycles. The van der Waals surface area contributed by atoms with Crippen molar-refractivity contribution in [2.75, 3.05) is 0 Å². The molecular weight excluding hydrogens is 190 g/mol. The summed E-state index contributed by atoms with van der Waals surface area (Å²) in [5, 5.41) is 0. The molecule has 0 fully saturated rings. The number of aromatic nitrogens is 1. The van der Waals surface area contributed by atoms with Gasteiger partial charge in [-0.3, -0.25) is 4.79 Å². The van der Waals surface area contributed by atoms with Gasteiger partial charge in [-0.05, 0) is 12.1 Å². The Kier molecular flexibility index (Phi) is 2.31. The van der Waals surface area contributed by atoms with E-state index in [1.54, 1.807) is 13.0 Å². The van der Waals surface area contributed by atoms with Crippen LogP contribution in [0.4, 0.5) is 0 Å². The van der Waals surface area contributed by atoms with Gasteiger partial charge in [-0.25, -0.2) is 4.98 Å². The summed E-state index contributed by atoms with van der Waals surface area (Å²) in [4.78, 5) is 16.1. The van der Waals surface area contributed by atoms with Gasteiger partial charge >= 0.3 is 0 Å². The lowest BCUT2D eigenvalue weighted by Gasteiger charge is -2.03. The second-order valence-corrected chi connectivity index (χ2v) is 3.91. The Labute approximate surface area is 88.1 Å². The average Bonchev–Trinajstić information content (AvgIpc) is 2.56. The number of para-hydroxylation sites is 1. The molecule has 0 unspecified atom stereocenters. The highest BCUT2D eigenvalue weighted by molar-refractivity contribution is 6.06. The zero-order valence-electron chi connectivity index (χ0n) is 9.07. The molecule has 78 valence electrons. The Morgan fingerprint density at radius 1 is 1.40 bits per heavy atom. The molecule has 3 nitrogen and oxygen atoms in total. The van der Waals surface area contributed by atoms with Gasteiger partial charge in [0.2, 0.25) is 0 Å². The number of Topliss-reactive ketones (excluding diaryl/α,β-unsaturated/α-hetero) is 1.